The summed E-state index contributed by atoms with van der Waals surface area (Å²) in [5.74, 6) is -1.02. The molecule has 1 aliphatic rings. The molecular weight excluding hydrogens is 402 g/mol. The molecule has 4 rings (SSSR count). The van der Waals surface area contributed by atoms with E-state index in [1.807, 2.05) is 63.2 Å². The van der Waals surface area contributed by atoms with Gasteiger partial charge in [-0.25, -0.2) is 0 Å². The average molecular weight is 428 g/mol. The van der Waals surface area contributed by atoms with Gasteiger partial charge in [0, 0.05) is 11.3 Å². The van der Waals surface area contributed by atoms with Gasteiger partial charge in [0.1, 0.15) is 11.5 Å². The lowest BCUT2D eigenvalue weighted by atomic mass is 9.92. The molecule has 0 bridgehead atoms. The van der Waals surface area contributed by atoms with Crippen molar-refractivity contribution in [3.8, 4) is 5.75 Å². The molecule has 1 N–H and O–H groups in total. The number of hydrogen-bond donors (Lipinski definition) is 1. The highest BCUT2D eigenvalue weighted by atomic mass is 16.5. The number of amides is 1. The Balaban J connectivity index is 1.92. The first-order valence-electron chi connectivity index (χ1n) is 10.6. The number of Topliss-reactive ketones (excluding diaryl/α,β-unsaturated/α-hetero) is 1. The van der Waals surface area contributed by atoms with Crippen LogP contribution < -0.4 is 9.64 Å². The number of ether oxygens (including phenoxy) is 1. The molecule has 0 spiro atoms. The number of benzene rings is 3. The summed E-state index contributed by atoms with van der Waals surface area (Å²) in [5.41, 5.74) is 2.79. The summed E-state index contributed by atoms with van der Waals surface area (Å²) in [7, 11) is 0. The van der Waals surface area contributed by atoms with Gasteiger partial charge in [0.05, 0.1) is 17.7 Å². The molecule has 0 radical (unpaired) electrons. The molecule has 5 heteroatoms. The van der Waals surface area contributed by atoms with E-state index < -0.39 is 17.7 Å². The lowest BCUT2D eigenvalue weighted by molar-refractivity contribution is -0.132. The van der Waals surface area contributed by atoms with E-state index in [9.17, 15) is 14.7 Å². The van der Waals surface area contributed by atoms with Gasteiger partial charge in [0.25, 0.3) is 11.7 Å². The maximum Gasteiger partial charge on any atom is 0.300 e. The van der Waals surface area contributed by atoms with E-state index >= 15 is 0 Å². The van der Waals surface area contributed by atoms with Gasteiger partial charge in [-0.3, -0.25) is 14.5 Å². The molecule has 32 heavy (non-hydrogen) atoms. The predicted octanol–water partition coefficient (Wildman–Crippen LogP) is 5.41. The molecule has 0 aromatic heterocycles. The minimum Gasteiger partial charge on any atom is -0.507 e. The van der Waals surface area contributed by atoms with E-state index in [4.69, 9.17) is 4.74 Å². The van der Waals surface area contributed by atoms with Gasteiger partial charge >= 0.3 is 0 Å². The summed E-state index contributed by atoms with van der Waals surface area (Å²) < 4.78 is 5.74. The lowest BCUT2D eigenvalue weighted by Gasteiger charge is -2.26. The lowest BCUT2D eigenvalue weighted by Crippen LogP contribution is -2.29. The molecule has 1 unspecified atom stereocenters. The van der Waals surface area contributed by atoms with Crippen molar-refractivity contribution in [1.29, 1.82) is 0 Å². The zero-order valence-corrected chi connectivity index (χ0v) is 18.3. The summed E-state index contributed by atoms with van der Waals surface area (Å²) >= 11 is 0. The van der Waals surface area contributed by atoms with Crippen LogP contribution in [0.3, 0.4) is 0 Å². The molecule has 0 saturated carbocycles. The van der Waals surface area contributed by atoms with Crippen LogP contribution in [0.1, 0.15) is 36.6 Å². The molecule has 3 aromatic rings. The fourth-order valence-corrected chi connectivity index (χ4v) is 4.02. The van der Waals surface area contributed by atoms with E-state index in [1.165, 1.54) is 4.90 Å². The first-order chi connectivity index (χ1) is 15.4. The van der Waals surface area contributed by atoms with Crippen LogP contribution >= 0.6 is 0 Å². The monoisotopic (exact) mass is 427 g/mol. The smallest absolute Gasteiger partial charge is 0.300 e. The van der Waals surface area contributed by atoms with Crippen molar-refractivity contribution in [1.82, 2.24) is 0 Å². The number of rotatable bonds is 5. The second-order valence-electron chi connectivity index (χ2n) is 8.06. The van der Waals surface area contributed by atoms with Crippen molar-refractivity contribution in [3.05, 3.63) is 101 Å². The van der Waals surface area contributed by atoms with Crippen molar-refractivity contribution in [2.45, 2.75) is 32.9 Å². The van der Waals surface area contributed by atoms with Crippen LogP contribution in [-0.2, 0) is 9.59 Å². The predicted molar refractivity (Wildman–Crippen MR) is 125 cm³/mol. The minimum absolute atomic E-state index is 0.0389. The second-order valence-corrected chi connectivity index (χ2v) is 8.06. The van der Waals surface area contributed by atoms with Crippen LogP contribution in [-0.4, -0.2) is 22.9 Å². The quantitative estimate of drug-likeness (QED) is 0.336. The van der Waals surface area contributed by atoms with Crippen LogP contribution in [0.5, 0.6) is 5.75 Å². The van der Waals surface area contributed by atoms with Crippen molar-refractivity contribution >= 4 is 23.1 Å². The van der Waals surface area contributed by atoms with Gasteiger partial charge in [-0.05, 0) is 56.2 Å². The van der Waals surface area contributed by atoms with E-state index in [-0.39, 0.29) is 17.4 Å². The number of aliphatic hydroxyl groups excluding tert-OH is 1. The van der Waals surface area contributed by atoms with Crippen LogP contribution in [0.15, 0.2) is 84.4 Å². The number of carbonyl (C=O) groups is 2. The Kier molecular flexibility index (Phi) is 5.82. The van der Waals surface area contributed by atoms with Crippen molar-refractivity contribution in [3.63, 3.8) is 0 Å². The Morgan fingerprint density at radius 2 is 1.62 bits per heavy atom. The first kappa shape index (κ1) is 21.4. The third-order valence-corrected chi connectivity index (χ3v) is 5.44. The molecule has 5 nitrogen and oxygen atoms in total. The number of para-hydroxylation sites is 1. The third-order valence-electron chi connectivity index (χ3n) is 5.44. The fraction of sp³-hybridized carbons (Fsp3) is 0.185. The molecule has 1 aliphatic heterocycles. The highest BCUT2D eigenvalue weighted by molar-refractivity contribution is 6.51. The van der Waals surface area contributed by atoms with Crippen LogP contribution in [0.4, 0.5) is 5.69 Å². The second kappa shape index (κ2) is 8.71. The number of carbonyl (C=O) groups excluding carboxylic acids is 2. The van der Waals surface area contributed by atoms with E-state index in [0.717, 1.165) is 11.1 Å². The maximum atomic E-state index is 13.2. The number of aliphatic hydroxyl groups is 1. The summed E-state index contributed by atoms with van der Waals surface area (Å²) in [6.45, 7) is 5.75. The average Bonchev–Trinajstić information content (AvgIpc) is 3.04. The largest absolute Gasteiger partial charge is 0.507 e. The Morgan fingerprint density at radius 1 is 0.938 bits per heavy atom. The molecule has 3 aromatic carbocycles. The Hall–Kier alpha value is -3.86. The molecule has 1 atom stereocenters. The molecule has 1 heterocycles. The number of aryl methyl sites for hydroxylation is 1. The summed E-state index contributed by atoms with van der Waals surface area (Å²) in [4.78, 5) is 27.9. The van der Waals surface area contributed by atoms with Gasteiger partial charge in [-0.1, -0.05) is 54.6 Å². The van der Waals surface area contributed by atoms with E-state index in [0.29, 0.717) is 17.0 Å². The topological polar surface area (TPSA) is 66.8 Å². The Bertz CT molecular complexity index is 1200. The van der Waals surface area contributed by atoms with Crippen LogP contribution in [0.2, 0.25) is 0 Å². The SMILES string of the molecule is Cc1ccccc1C1/C(=C(\O)c2cccc(OC(C)C)c2)C(=O)C(=O)N1c1ccccc1. The third kappa shape index (κ3) is 3.89. The molecule has 162 valence electrons. The summed E-state index contributed by atoms with van der Waals surface area (Å²) in [6.07, 6.45) is -0.0389. The molecule has 1 amide bonds. The van der Waals surface area contributed by atoms with Gasteiger partial charge < -0.3 is 9.84 Å². The molecular formula is C27H25NO4. The fourth-order valence-electron chi connectivity index (χ4n) is 4.02. The number of ketones is 1. The molecule has 0 aliphatic carbocycles. The normalized spacial score (nSPS) is 17.8. The minimum atomic E-state index is -0.742. The Labute approximate surface area is 187 Å². The van der Waals surface area contributed by atoms with E-state index in [2.05, 4.69) is 0 Å². The first-order valence-corrected chi connectivity index (χ1v) is 10.6. The molecule has 1 fully saturated rings. The van der Waals surface area contributed by atoms with Crippen LogP contribution in [0.25, 0.3) is 5.76 Å². The van der Waals surface area contributed by atoms with Gasteiger partial charge in [0.2, 0.25) is 0 Å². The summed E-state index contributed by atoms with van der Waals surface area (Å²) in [5, 5.41) is 11.3. The van der Waals surface area contributed by atoms with Crippen molar-refractivity contribution in [2.75, 3.05) is 4.90 Å². The van der Waals surface area contributed by atoms with Gasteiger partial charge in [-0.2, -0.15) is 0 Å². The number of anilines is 1. The van der Waals surface area contributed by atoms with Crippen molar-refractivity contribution in [2.24, 2.45) is 0 Å². The zero-order chi connectivity index (χ0) is 22.8. The number of nitrogens with zero attached hydrogens (tertiary/aromatic N) is 1. The van der Waals surface area contributed by atoms with Crippen molar-refractivity contribution < 1.29 is 19.4 Å². The Morgan fingerprint density at radius 3 is 2.31 bits per heavy atom. The maximum absolute atomic E-state index is 13.2. The number of hydrogen-bond acceptors (Lipinski definition) is 4. The van der Waals surface area contributed by atoms with E-state index in [1.54, 1.807) is 36.4 Å². The highest BCUT2D eigenvalue weighted by Gasteiger charge is 2.47. The molecule has 1 saturated heterocycles. The van der Waals surface area contributed by atoms with Gasteiger partial charge in [-0.15, -0.1) is 0 Å². The highest BCUT2D eigenvalue weighted by Crippen LogP contribution is 2.43. The standard InChI is InChI=1S/C27H25NO4/c1-17(2)32-21-14-9-11-19(16-21)25(29)23-24(22-15-8-7-10-18(22)3)28(27(31)26(23)30)20-12-5-4-6-13-20/h4-17,24,29H,1-3H3/b25-23+. The van der Waals surface area contributed by atoms with Crippen LogP contribution in [0, 0.1) is 6.92 Å². The zero-order valence-electron chi connectivity index (χ0n) is 18.3. The van der Waals surface area contributed by atoms with Gasteiger partial charge in [0.15, 0.2) is 0 Å². The summed E-state index contributed by atoms with van der Waals surface area (Å²) in [6, 6.07) is 22.8.